The van der Waals surface area contributed by atoms with Crippen LogP contribution in [-0.2, 0) is 13.0 Å². The van der Waals surface area contributed by atoms with Gasteiger partial charge in [-0.15, -0.1) is 0 Å². The van der Waals surface area contributed by atoms with Gasteiger partial charge in [-0.1, -0.05) is 11.3 Å². The van der Waals surface area contributed by atoms with E-state index in [9.17, 15) is 9.59 Å². The Morgan fingerprint density at radius 2 is 2.07 bits per heavy atom. The molecular weight excluding hydrogens is 368 g/mol. The summed E-state index contributed by atoms with van der Waals surface area (Å²) in [6, 6.07) is 5.00. The number of carbonyl (C=O) groups excluding carboxylic acids is 2. The van der Waals surface area contributed by atoms with Crippen LogP contribution in [0.25, 0.3) is 0 Å². The second-order valence-electron chi connectivity index (χ2n) is 6.69. The third-order valence-electron chi connectivity index (χ3n) is 4.28. The Morgan fingerprint density at radius 1 is 1.26 bits per heavy atom. The Labute approximate surface area is 160 Å². The third-order valence-corrected chi connectivity index (χ3v) is 5.28. The molecule has 0 atom stereocenters. The van der Waals surface area contributed by atoms with Gasteiger partial charge in [-0.2, -0.15) is 0 Å². The minimum atomic E-state index is -0.274. The van der Waals surface area contributed by atoms with Crippen LogP contribution in [0.1, 0.15) is 34.8 Å². The molecule has 0 unspecified atom stereocenters. The average Bonchev–Trinajstić information content (AvgIpc) is 3.24. The number of carbonyl (C=O) groups is 2. The highest BCUT2D eigenvalue weighted by atomic mass is 32.1. The van der Waals surface area contributed by atoms with Gasteiger partial charge in [0.15, 0.2) is 16.6 Å². The first-order chi connectivity index (χ1) is 13.0. The summed E-state index contributed by atoms with van der Waals surface area (Å²) in [5, 5.41) is 6.08. The second-order valence-corrected chi connectivity index (χ2v) is 7.77. The molecule has 1 aromatic carbocycles. The van der Waals surface area contributed by atoms with Gasteiger partial charge in [-0.3, -0.25) is 10.1 Å². The van der Waals surface area contributed by atoms with Gasteiger partial charge >= 0.3 is 6.03 Å². The highest BCUT2D eigenvalue weighted by Gasteiger charge is 2.26. The van der Waals surface area contributed by atoms with Crippen LogP contribution in [0.2, 0.25) is 0 Å². The number of nitrogens with one attached hydrogen (secondary N) is 2. The van der Waals surface area contributed by atoms with Gasteiger partial charge in [-0.25, -0.2) is 9.78 Å². The lowest BCUT2D eigenvalue weighted by molar-refractivity contribution is 0.0735. The number of hydrogen-bond acceptors (Lipinski definition) is 6. The molecule has 142 valence electrons. The van der Waals surface area contributed by atoms with E-state index >= 15 is 0 Å². The SMILES string of the molecule is CC(C)NC(=O)Nc1nc2c(s1)CN(C(=O)c1ccc3c(c1)OCO3)CC2. The van der Waals surface area contributed by atoms with Crippen molar-refractivity contribution in [2.24, 2.45) is 0 Å². The zero-order valence-corrected chi connectivity index (χ0v) is 15.9. The van der Waals surface area contributed by atoms with Crippen LogP contribution in [0.3, 0.4) is 0 Å². The molecule has 2 aromatic rings. The molecule has 4 rings (SSSR count). The van der Waals surface area contributed by atoms with Crippen molar-refractivity contribution in [1.82, 2.24) is 15.2 Å². The molecule has 2 aliphatic heterocycles. The minimum absolute atomic E-state index is 0.0504. The number of ether oxygens (including phenoxy) is 2. The summed E-state index contributed by atoms with van der Waals surface area (Å²) in [7, 11) is 0. The second kappa shape index (κ2) is 7.07. The van der Waals surface area contributed by atoms with E-state index in [-0.39, 0.29) is 24.8 Å². The smallest absolute Gasteiger partial charge is 0.321 e. The van der Waals surface area contributed by atoms with Crippen LogP contribution in [0.4, 0.5) is 9.93 Å². The van der Waals surface area contributed by atoms with Crippen molar-refractivity contribution in [2.75, 3.05) is 18.7 Å². The van der Waals surface area contributed by atoms with Crippen LogP contribution >= 0.6 is 11.3 Å². The number of urea groups is 1. The van der Waals surface area contributed by atoms with Gasteiger partial charge in [0, 0.05) is 29.4 Å². The summed E-state index contributed by atoms with van der Waals surface area (Å²) in [6.45, 7) is 5.04. The van der Waals surface area contributed by atoms with Gasteiger partial charge in [0.25, 0.3) is 5.91 Å². The minimum Gasteiger partial charge on any atom is -0.454 e. The van der Waals surface area contributed by atoms with Gasteiger partial charge in [0.05, 0.1) is 12.2 Å². The number of benzene rings is 1. The first-order valence-corrected chi connectivity index (χ1v) is 9.56. The molecule has 0 saturated heterocycles. The van der Waals surface area contributed by atoms with Crippen molar-refractivity contribution in [3.63, 3.8) is 0 Å². The van der Waals surface area contributed by atoms with E-state index < -0.39 is 0 Å². The molecule has 0 bridgehead atoms. The van der Waals surface area contributed by atoms with Crippen molar-refractivity contribution < 1.29 is 19.1 Å². The first kappa shape index (κ1) is 17.6. The van der Waals surface area contributed by atoms with Gasteiger partial charge in [0.1, 0.15) is 0 Å². The summed E-state index contributed by atoms with van der Waals surface area (Å²) >= 11 is 1.41. The zero-order valence-electron chi connectivity index (χ0n) is 15.1. The fourth-order valence-corrected chi connectivity index (χ4v) is 4.05. The predicted octanol–water partition coefficient (Wildman–Crippen LogP) is 2.60. The Kier molecular flexibility index (Phi) is 4.61. The monoisotopic (exact) mass is 388 g/mol. The Balaban J connectivity index is 1.45. The van der Waals surface area contributed by atoms with Crippen molar-refractivity contribution >= 4 is 28.4 Å². The van der Waals surface area contributed by atoms with Gasteiger partial charge in [-0.05, 0) is 32.0 Å². The Bertz CT molecular complexity index is 895. The number of hydrogen-bond donors (Lipinski definition) is 2. The highest BCUT2D eigenvalue weighted by Crippen LogP contribution is 2.34. The summed E-state index contributed by atoms with van der Waals surface area (Å²) in [6.07, 6.45) is 0.662. The van der Waals surface area contributed by atoms with Crippen molar-refractivity contribution in [1.29, 1.82) is 0 Å². The Morgan fingerprint density at radius 3 is 2.89 bits per heavy atom. The molecule has 27 heavy (non-hydrogen) atoms. The number of aromatic nitrogens is 1. The van der Waals surface area contributed by atoms with Crippen LogP contribution in [0.15, 0.2) is 18.2 Å². The molecule has 3 amide bonds. The van der Waals surface area contributed by atoms with Gasteiger partial charge < -0.3 is 19.7 Å². The topological polar surface area (TPSA) is 92.8 Å². The van der Waals surface area contributed by atoms with Crippen LogP contribution < -0.4 is 20.1 Å². The predicted molar refractivity (Wildman–Crippen MR) is 100 cm³/mol. The van der Waals surface area contributed by atoms with E-state index in [4.69, 9.17) is 9.47 Å². The lowest BCUT2D eigenvalue weighted by Crippen LogP contribution is -2.35. The summed E-state index contributed by atoms with van der Waals surface area (Å²) in [5.41, 5.74) is 1.51. The van der Waals surface area contributed by atoms with Crippen molar-refractivity contribution in [2.45, 2.75) is 32.9 Å². The van der Waals surface area contributed by atoms with Crippen LogP contribution in [-0.4, -0.2) is 41.2 Å². The number of anilines is 1. The molecule has 8 nitrogen and oxygen atoms in total. The molecule has 9 heteroatoms. The van der Waals surface area contributed by atoms with E-state index in [1.807, 2.05) is 13.8 Å². The molecule has 0 radical (unpaired) electrons. The molecular formula is C18H20N4O4S. The van der Waals surface area contributed by atoms with Crippen LogP contribution in [0, 0.1) is 0 Å². The average molecular weight is 388 g/mol. The van der Waals surface area contributed by atoms with E-state index in [1.165, 1.54) is 11.3 Å². The van der Waals surface area contributed by atoms with E-state index in [0.29, 0.717) is 41.7 Å². The normalized spacial score (nSPS) is 14.9. The molecule has 3 heterocycles. The zero-order chi connectivity index (χ0) is 19.0. The van der Waals surface area contributed by atoms with Crippen LogP contribution in [0.5, 0.6) is 11.5 Å². The summed E-state index contributed by atoms with van der Waals surface area (Å²) in [5.74, 6) is 1.20. The quantitative estimate of drug-likeness (QED) is 0.843. The van der Waals surface area contributed by atoms with Crippen molar-refractivity contribution in [3.8, 4) is 11.5 Å². The van der Waals surface area contributed by atoms with Gasteiger partial charge in [0.2, 0.25) is 6.79 Å². The highest BCUT2D eigenvalue weighted by molar-refractivity contribution is 7.15. The molecule has 0 aliphatic carbocycles. The molecule has 2 aliphatic rings. The third kappa shape index (κ3) is 3.68. The largest absolute Gasteiger partial charge is 0.454 e. The van der Waals surface area contributed by atoms with E-state index in [2.05, 4.69) is 15.6 Å². The number of thiazole rings is 1. The molecule has 0 fully saturated rings. The molecule has 1 aromatic heterocycles. The van der Waals surface area contributed by atoms with Crippen molar-refractivity contribution in [3.05, 3.63) is 34.3 Å². The molecule has 0 spiro atoms. The lowest BCUT2D eigenvalue weighted by Gasteiger charge is -2.26. The number of nitrogens with zero attached hydrogens (tertiary/aromatic N) is 2. The molecule has 0 saturated carbocycles. The molecule has 2 N–H and O–H groups in total. The lowest BCUT2D eigenvalue weighted by atomic mass is 10.1. The maximum Gasteiger partial charge on any atom is 0.321 e. The maximum absolute atomic E-state index is 12.8. The Hall–Kier alpha value is -2.81. The fraction of sp³-hybridized carbons (Fsp3) is 0.389. The summed E-state index contributed by atoms with van der Waals surface area (Å²) < 4.78 is 10.6. The summed E-state index contributed by atoms with van der Waals surface area (Å²) in [4.78, 5) is 32.0. The standard InChI is InChI=1S/C18H20N4O4S/c1-10(2)19-17(24)21-18-20-12-5-6-22(8-15(12)27-18)16(23)11-3-4-13-14(7-11)26-9-25-13/h3-4,7,10H,5-6,8-9H2,1-2H3,(H2,19,20,21,24). The maximum atomic E-state index is 12.8. The fourth-order valence-electron chi connectivity index (χ4n) is 3.03. The van der Waals surface area contributed by atoms with E-state index in [1.54, 1.807) is 23.1 Å². The number of amides is 3. The number of rotatable bonds is 3. The first-order valence-electron chi connectivity index (χ1n) is 8.74. The number of fused-ring (bicyclic) bond motifs is 2. The van der Waals surface area contributed by atoms with E-state index in [0.717, 1.165) is 10.6 Å².